The second kappa shape index (κ2) is 7.26. The van der Waals surface area contributed by atoms with Crippen LogP contribution in [0.15, 0.2) is 30.3 Å². The van der Waals surface area contributed by atoms with Crippen LogP contribution in [0, 0.1) is 0 Å². The number of nitrogens with one attached hydrogen (secondary N) is 1. The lowest BCUT2D eigenvalue weighted by Gasteiger charge is -2.27. The van der Waals surface area contributed by atoms with E-state index in [1.54, 1.807) is 7.11 Å². The number of carbonyl (C=O) groups is 2. The van der Waals surface area contributed by atoms with Gasteiger partial charge < -0.3 is 19.5 Å². The second-order valence-corrected chi connectivity index (χ2v) is 5.36. The minimum Gasteiger partial charge on any atom is -0.467 e. The van der Waals surface area contributed by atoms with Crippen molar-refractivity contribution < 1.29 is 23.8 Å². The number of benzene rings is 1. The Morgan fingerprint density at radius 2 is 2.00 bits per heavy atom. The number of carbonyl (C=O) groups excluding carboxylic acids is 2. The highest BCUT2D eigenvalue weighted by Crippen LogP contribution is 2.33. The van der Waals surface area contributed by atoms with Crippen LogP contribution >= 0.6 is 0 Å². The minimum absolute atomic E-state index is 0.0754. The molecule has 1 saturated carbocycles. The summed E-state index contributed by atoms with van der Waals surface area (Å²) >= 11 is 0. The first-order valence-electron chi connectivity index (χ1n) is 7.20. The molecule has 1 aromatic carbocycles. The average molecular weight is 307 g/mol. The Balaban J connectivity index is 1.96. The predicted octanol–water partition coefficient (Wildman–Crippen LogP) is 2.02. The van der Waals surface area contributed by atoms with Crippen molar-refractivity contribution in [3.05, 3.63) is 35.9 Å². The molecule has 6 heteroatoms. The Kier molecular flexibility index (Phi) is 5.38. The number of alkyl carbamates (subject to hydrolysis) is 1. The van der Waals surface area contributed by atoms with E-state index >= 15 is 0 Å². The van der Waals surface area contributed by atoms with Gasteiger partial charge in [-0.2, -0.15) is 0 Å². The molecule has 0 unspecified atom stereocenters. The van der Waals surface area contributed by atoms with Crippen molar-refractivity contribution in [3.63, 3.8) is 0 Å². The first kappa shape index (κ1) is 16.3. The fraction of sp³-hybridized carbons (Fsp3) is 0.500. The summed E-state index contributed by atoms with van der Waals surface area (Å²) in [6.07, 6.45) is 0.833. The van der Waals surface area contributed by atoms with E-state index in [1.165, 1.54) is 7.11 Å². The van der Waals surface area contributed by atoms with Crippen LogP contribution in [0.1, 0.15) is 24.8 Å². The smallest absolute Gasteiger partial charge is 0.408 e. The van der Waals surface area contributed by atoms with Crippen LogP contribution in [-0.2, 0) is 25.6 Å². The normalized spacial score (nSPS) is 23.8. The van der Waals surface area contributed by atoms with Gasteiger partial charge in [0.2, 0.25) is 0 Å². The number of esters is 1. The van der Waals surface area contributed by atoms with Crippen molar-refractivity contribution in [2.24, 2.45) is 0 Å². The molecular weight excluding hydrogens is 286 g/mol. The van der Waals surface area contributed by atoms with E-state index < -0.39 is 17.6 Å². The highest BCUT2D eigenvalue weighted by molar-refractivity contribution is 5.86. The molecule has 1 aliphatic carbocycles. The molecule has 0 spiro atoms. The van der Waals surface area contributed by atoms with Gasteiger partial charge in [-0.1, -0.05) is 30.3 Å². The molecule has 1 amide bonds. The SMILES string of the molecule is COC(=O)[C@@]1(NC(=O)OCc2ccccc2)CC[C@H](OC)C1. The third kappa shape index (κ3) is 3.76. The van der Waals surface area contributed by atoms with Gasteiger partial charge in [0.15, 0.2) is 0 Å². The number of hydrogen-bond donors (Lipinski definition) is 1. The first-order chi connectivity index (χ1) is 10.6. The van der Waals surface area contributed by atoms with Gasteiger partial charge in [-0.25, -0.2) is 9.59 Å². The van der Waals surface area contributed by atoms with E-state index in [0.717, 1.165) is 5.56 Å². The Bertz CT molecular complexity index is 519. The summed E-state index contributed by atoms with van der Waals surface area (Å²) in [7, 11) is 2.90. The lowest BCUT2D eigenvalue weighted by molar-refractivity contribution is -0.148. The van der Waals surface area contributed by atoms with Crippen molar-refractivity contribution in [3.8, 4) is 0 Å². The molecule has 1 aliphatic rings. The summed E-state index contributed by atoms with van der Waals surface area (Å²) in [6.45, 7) is 0.150. The molecule has 1 aromatic rings. The maximum absolute atomic E-state index is 12.1. The highest BCUT2D eigenvalue weighted by atomic mass is 16.6. The van der Waals surface area contributed by atoms with Crippen molar-refractivity contribution >= 4 is 12.1 Å². The monoisotopic (exact) mass is 307 g/mol. The molecule has 0 bridgehead atoms. The highest BCUT2D eigenvalue weighted by Gasteiger charge is 2.48. The zero-order valence-electron chi connectivity index (χ0n) is 12.8. The first-order valence-corrected chi connectivity index (χ1v) is 7.20. The number of hydrogen-bond acceptors (Lipinski definition) is 5. The number of ether oxygens (including phenoxy) is 3. The van der Waals surface area contributed by atoms with Crippen LogP contribution in [-0.4, -0.2) is 37.9 Å². The molecule has 0 aromatic heterocycles. The average Bonchev–Trinajstić information content (AvgIpc) is 2.97. The van der Waals surface area contributed by atoms with Gasteiger partial charge in [0.1, 0.15) is 12.1 Å². The van der Waals surface area contributed by atoms with Crippen molar-refractivity contribution in [1.29, 1.82) is 0 Å². The quantitative estimate of drug-likeness (QED) is 0.843. The van der Waals surface area contributed by atoms with Crippen LogP contribution in [0.25, 0.3) is 0 Å². The van der Waals surface area contributed by atoms with E-state index in [4.69, 9.17) is 14.2 Å². The predicted molar refractivity (Wildman–Crippen MR) is 79.2 cm³/mol. The molecule has 22 heavy (non-hydrogen) atoms. The van der Waals surface area contributed by atoms with Crippen molar-refractivity contribution in [1.82, 2.24) is 5.32 Å². The molecule has 2 rings (SSSR count). The standard InChI is InChI=1S/C16H21NO5/c1-20-13-8-9-16(10-13,14(18)21-2)17-15(19)22-11-12-6-4-3-5-7-12/h3-7,13H,8-11H2,1-2H3,(H,17,19)/t13-,16+/m0/s1. The zero-order chi connectivity index (χ0) is 16.0. The van der Waals surface area contributed by atoms with E-state index in [-0.39, 0.29) is 12.7 Å². The Morgan fingerprint density at radius 3 is 2.59 bits per heavy atom. The Hall–Kier alpha value is -2.08. The zero-order valence-corrected chi connectivity index (χ0v) is 12.8. The summed E-state index contributed by atoms with van der Waals surface area (Å²) in [4.78, 5) is 24.1. The molecule has 0 aliphatic heterocycles. The second-order valence-electron chi connectivity index (χ2n) is 5.36. The van der Waals surface area contributed by atoms with Gasteiger partial charge in [-0.3, -0.25) is 0 Å². The summed E-state index contributed by atoms with van der Waals surface area (Å²) in [5.74, 6) is -0.469. The number of rotatable bonds is 5. The summed E-state index contributed by atoms with van der Waals surface area (Å²) in [6, 6.07) is 9.35. The van der Waals surface area contributed by atoms with E-state index in [1.807, 2.05) is 30.3 Å². The third-order valence-corrected chi connectivity index (χ3v) is 3.93. The molecule has 0 heterocycles. The largest absolute Gasteiger partial charge is 0.467 e. The molecule has 0 radical (unpaired) electrons. The fourth-order valence-electron chi connectivity index (χ4n) is 2.70. The summed E-state index contributed by atoms with van der Waals surface area (Å²) in [5.41, 5.74) is -0.186. The van der Waals surface area contributed by atoms with Crippen molar-refractivity contribution in [2.45, 2.75) is 37.5 Å². The maximum Gasteiger partial charge on any atom is 0.408 e. The van der Waals surface area contributed by atoms with Gasteiger partial charge in [0.05, 0.1) is 13.2 Å². The molecule has 2 atom stereocenters. The van der Waals surface area contributed by atoms with Crippen LogP contribution in [0.5, 0.6) is 0 Å². The van der Waals surface area contributed by atoms with E-state index in [2.05, 4.69) is 5.32 Å². The maximum atomic E-state index is 12.1. The molecule has 1 N–H and O–H groups in total. The van der Waals surface area contributed by atoms with Crippen LogP contribution in [0.4, 0.5) is 4.79 Å². The van der Waals surface area contributed by atoms with Crippen LogP contribution in [0.3, 0.4) is 0 Å². The van der Waals surface area contributed by atoms with Crippen LogP contribution < -0.4 is 5.32 Å². The topological polar surface area (TPSA) is 73.9 Å². The summed E-state index contributed by atoms with van der Waals surface area (Å²) < 4.78 is 15.3. The number of amides is 1. The molecule has 1 fully saturated rings. The number of methoxy groups -OCH3 is 2. The fourth-order valence-corrected chi connectivity index (χ4v) is 2.70. The van der Waals surface area contributed by atoms with Gasteiger partial charge in [0, 0.05) is 13.5 Å². The molecule has 6 nitrogen and oxygen atoms in total. The van der Waals surface area contributed by atoms with Gasteiger partial charge in [-0.05, 0) is 18.4 Å². The van der Waals surface area contributed by atoms with Crippen molar-refractivity contribution in [2.75, 3.05) is 14.2 Å². The molecular formula is C16H21NO5. The molecule has 120 valence electrons. The van der Waals surface area contributed by atoms with E-state index in [9.17, 15) is 9.59 Å². The lowest BCUT2D eigenvalue weighted by atomic mass is 9.98. The minimum atomic E-state index is -1.07. The third-order valence-electron chi connectivity index (χ3n) is 3.93. The van der Waals surface area contributed by atoms with Crippen LogP contribution in [0.2, 0.25) is 0 Å². The Morgan fingerprint density at radius 1 is 1.27 bits per heavy atom. The van der Waals surface area contributed by atoms with Gasteiger partial charge >= 0.3 is 12.1 Å². The van der Waals surface area contributed by atoms with E-state index in [0.29, 0.717) is 19.3 Å². The van der Waals surface area contributed by atoms with Gasteiger partial charge in [0.25, 0.3) is 0 Å². The molecule has 0 saturated heterocycles. The summed E-state index contributed by atoms with van der Waals surface area (Å²) in [5, 5.41) is 2.66. The van der Waals surface area contributed by atoms with Gasteiger partial charge in [-0.15, -0.1) is 0 Å². The Labute approximate surface area is 129 Å². The lowest BCUT2D eigenvalue weighted by Crippen LogP contribution is -2.53.